The molecule has 1 aromatic heterocycles. The summed E-state index contributed by atoms with van der Waals surface area (Å²) in [7, 11) is 0. The van der Waals surface area contributed by atoms with Crippen LogP contribution in [0.15, 0.2) is 54.7 Å². The molecule has 0 aliphatic heterocycles. The lowest BCUT2D eigenvalue weighted by molar-refractivity contribution is 1.40. The molecular formula is C15H12IN3. The first-order valence-electron chi connectivity index (χ1n) is 5.90. The van der Waals surface area contributed by atoms with Crippen molar-refractivity contribution in [2.45, 2.75) is 0 Å². The van der Waals surface area contributed by atoms with E-state index in [0.717, 1.165) is 31.5 Å². The van der Waals surface area contributed by atoms with Crippen molar-refractivity contribution in [2.75, 3.05) is 11.1 Å². The van der Waals surface area contributed by atoms with Crippen LogP contribution in [0, 0.1) is 3.57 Å². The number of halogens is 1. The molecule has 3 rings (SSSR count). The summed E-state index contributed by atoms with van der Waals surface area (Å²) in [6.07, 6.45) is 1.81. The Kier molecular flexibility index (Phi) is 3.25. The predicted octanol–water partition coefficient (Wildman–Crippen LogP) is 4.17. The molecule has 0 fully saturated rings. The molecule has 0 radical (unpaired) electrons. The van der Waals surface area contributed by atoms with Crippen LogP contribution in [0.4, 0.5) is 17.1 Å². The zero-order valence-corrected chi connectivity index (χ0v) is 12.3. The molecule has 0 unspecified atom stereocenters. The minimum atomic E-state index is 0.769. The van der Waals surface area contributed by atoms with Crippen LogP contribution in [-0.4, -0.2) is 4.98 Å². The maximum absolute atomic E-state index is 5.77. The maximum Gasteiger partial charge on any atom is 0.0936 e. The van der Waals surface area contributed by atoms with E-state index in [2.05, 4.69) is 45.0 Å². The number of hydrogen-bond donors (Lipinski definition) is 2. The number of nitrogens with zero attached hydrogens (tertiary/aromatic N) is 1. The van der Waals surface area contributed by atoms with E-state index >= 15 is 0 Å². The van der Waals surface area contributed by atoms with E-state index in [4.69, 9.17) is 5.73 Å². The first kappa shape index (κ1) is 12.2. The summed E-state index contributed by atoms with van der Waals surface area (Å²) >= 11 is 2.27. The Morgan fingerprint density at radius 3 is 2.68 bits per heavy atom. The van der Waals surface area contributed by atoms with Crippen molar-refractivity contribution in [3.63, 3.8) is 0 Å². The monoisotopic (exact) mass is 361 g/mol. The van der Waals surface area contributed by atoms with Crippen molar-refractivity contribution >= 4 is 50.6 Å². The molecule has 0 amide bonds. The second kappa shape index (κ2) is 5.05. The molecule has 3 aromatic rings. The smallest absolute Gasteiger partial charge is 0.0936 e. The van der Waals surface area contributed by atoms with Crippen LogP contribution in [0.2, 0.25) is 0 Å². The Bertz CT molecular complexity index is 735. The SMILES string of the molecule is Nc1ccc(Nc2cccc3cccnc23)c(I)c1. The molecule has 94 valence electrons. The summed E-state index contributed by atoms with van der Waals surface area (Å²) in [6.45, 7) is 0. The van der Waals surface area contributed by atoms with E-state index in [1.807, 2.05) is 42.6 Å². The van der Waals surface area contributed by atoms with E-state index in [0.29, 0.717) is 0 Å². The number of hydrogen-bond acceptors (Lipinski definition) is 3. The van der Waals surface area contributed by atoms with E-state index in [-0.39, 0.29) is 0 Å². The predicted molar refractivity (Wildman–Crippen MR) is 88.6 cm³/mol. The van der Waals surface area contributed by atoms with Crippen LogP contribution in [-0.2, 0) is 0 Å². The highest BCUT2D eigenvalue weighted by Crippen LogP contribution is 2.28. The summed E-state index contributed by atoms with van der Waals surface area (Å²) in [4.78, 5) is 4.43. The number of aromatic nitrogens is 1. The van der Waals surface area contributed by atoms with Gasteiger partial charge in [-0.25, -0.2) is 0 Å². The molecule has 0 saturated heterocycles. The van der Waals surface area contributed by atoms with Gasteiger partial charge in [-0.15, -0.1) is 0 Å². The molecule has 3 nitrogen and oxygen atoms in total. The normalized spacial score (nSPS) is 10.6. The highest BCUT2D eigenvalue weighted by molar-refractivity contribution is 14.1. The van der Waals surface area contributed by atoms with Gasteiger partial charge in [-0.05, 0) is 52.9 Å². The second-order valence-corrected chi connectivity index (χ2v) is 5.41. The molecule has 2 aromatic carbocycles. The zero-order valence-electron chi connectivity index (χ0n) is 10.1. The number of nitrogen functional groups attached to an aromatic ring is 1. The largest absolute Gasteiger partial charge is 0.399 e. The van der Waals surface area contributed by atoms with Gasteiger partial charge in [-0.3, -0.25) is 4.98 Å². The van der Waals surface area contributed by atoms with Crippen molar-refractivity contribution in [1.29, 1.82) is 0 Å². The van der Waals surface area contributed by atoms with Crippen LogP contribution in [0.5, 0.6) is 0 Å². The van der Waals surface area contributed by atoms with Gasteiger partial charge in [0, 0.05) is 20.8 Å². The van der Waals surface area contributed by atoms with Crippen molar-refractivity contribution in [3.8, 4) is 0 Å². The van der Waals surface area contributed by atoms with Gasteiger partial charge in [0.25, 0.3) is 0 Å². The van der Waals surface area contributed by atoms with Gasteiger partial charge in [0.15, 0.2) is 0 Å². The van der Waals surface area contributed by atoms with E-state index in [1.165, 1.54) is 0 Å². The summed E-state index contributed by atoms with van der Waals surface area (Å²) in [5, 5.41) is 4.54. The fourth-order valence-corrected chi connectivity index (χ4v) is 2.66. The lowest BCUT2D eigenvalue weighted by Crippen LogP contribution is -1.96. The van der Waals surface area contributed by atoms with E-state index in [1.54, 1.807) is 0 Å². The molecule has 3 N–H and O–H groups in total. The molecule has 0 bridgehead atoms. The molecule has 19 heavy (non-hydrogen) atoms. The average Bonchev–Trinajstić information content (AvgIpc) is 2.42. The average molecular weight is 361 g/mol. The number of nitrogens with one attached hydrogen (secondary N) is 1. The Hall–Kier alpha value is -1.82. The van der Waals surface area contributed by atoms with E-state index in [9.17, 15) is 0 Å². The van der Waals surface area contributed by atoms with Crippen LogP contribution in [0.25, 0.3) is 10.9 Å². The van der Waals surface area contributed by atoms with E-state index < -0.39 is 0 Å². The standard InChI is InChI=1S/C15H12IN3/c16-12-9-11(17)6-7-13(12)19-14-5-1-3-10-4-2-8-18-15(10)14/h1-9,19H,17H2. The molecule has 0 spiro atoms. The number of nitrogens with two attached hydrogens (primary N) is 1. The van der Waals surface area contributed by atoms with Crippen LogP contribution < -0.4 is 11.1 Å². The summed E-state index contributed by atoms with van der Waals surface area (Å²) in [5.41, 5.74) is 9.54. The number of rotatable bonds is 2. The van der Waals surface area contributed by atoms with Gasteiger partial charge < -0.3 is 11.1 Å². The number of pyridine rings is 1. The minimum Gasteiger partial charge on any atom is -0.399 e. The lowest BCUT2D eigenvalue weighted by Gasteiger charge is -2.11. The molecule has 4 heteroatoms. The first-order chi connectivity index (χ1) is 9.24. The first-order valence-corrected chi connectivity index (χ1v) is 6.98. The molecule has 1 heterocycles. The van der Waals surface area contributed by atoms with Crippen molar-refractivity contribution in [3.05, 3.63) is 58.3 Å². The lowest BCUT2D eigenvalue weighted by atomic mass is 10.2. The zero-order chi connectivity index (χ0) is 13.2. The van der Waals surface area contributed by atoms with Crippen LogP contribution in [0.3, 0.4) is 0 Å². The fraction of sp³-hybridized carbons (Fsp3) is 0. The highest BCUT2D eigenvalue weighted by Gasteiger charge is 2.04. The third-order valence-corrected chi connectivity index (χ3v) is 3.79. The van der Waals surface area contributed by atoms with Crippen LogP contribution >= 0.6 is 22.6 Å². The molecule has 0 atom stereocenters. The van der Waals surface area contributed by atoms with Gasteiger partial charge in [-0.1, -0.05) is 18.2 Å². The van der Waals surface area contributed by atoms with Crippen LogP contribution in [0.1, 0.15) is 0 Å². The van der Waals surface area contributed by atoms with Crippen molar-refractivity contribution in [2.24, 2.45) is 0 Å². The molecular weight excluding hydrogens is 349 g/mol. The van der Waals surface area contributed by atoms with Crippen molar-refractivity contribution < 1.29 is 0 Å². The van der Waals surface area contributed by atoms with Gasteiger partial charge in [0.2, 0.25) is 0 Å². The number of fused-ring (bicyclic) bond motifs is 1. The quantitative estimate of drug-likeness (QED) is 0.532. The summed E-state index contributed by atoms with van der Waals surface area (Å²) < 4.78 is 1.09. The van der Waals surface area contributed by atoms with Gasteiger partial charge in [0.1, 0.15) is 0 Å². The van der Waals surface area contributed by atoms with Gasteiger partial charge in [0.05, 0.1) is 16.9 Å². The second-order valence-electron chi connectivity index (χ2n) is 4.24. The Balaban J connectivity index is 2.06. The van der Waals surface area contributed by atoms with Gasteiger partial charge in [-0.2, -0.15) is 0 Å². The van der Waals surface area contributed by atoms with Gasteiger partial charge >= 0.3 is 0 Å². The third-order valence-electron chi connectivity index (χ3n) is 2.90. The Morgan fingerprint density at radius 1 is 1.00 bits per heavy atom. The number of anilines is 3. The number of para-hydroxylation sites is 1. The summed E-state index contributed by atoms with van der Waals surface area (Å²) in [6, 6.07) is 15.9. The third kappa shape index (κ3) is 2.49. The fourth-order valence-electron chi connectivity index (χ4n) is 1.98. The molecule has 0 aliphatic carbocycles. The highest BCUT2D eigenvalue weighted by atomic mass is 127. The summed E-state index contributed by atoms with van der Waals surface area (Å²) in [5.74, 6) is 0. The molecule has 0 saturated carbocycles. The number of benzene rings is 2. The Labute approximate surface area is 125 Å². The Morgan fingerprint density at radius 2 is 1.84 bits per heavy atom. The minimum absolute atomic E-state index is 0.769. The maximum atomic E-state index is 5.77. The van der Waals surface area contributed by atoms with Crippen molar-refractivity contribution in [1.82, 2.24) is 4.98 Å². The topological polar surface area (TPSA) is 50.9 Å². The molecule has 0 aliphatic rings.